The number of hydrogen-bond acceptors (Lipinski definition) is 6. The van der Waals surface area contributed by atoms with Crippen LogP contribution >= 0.6 is 23.2 Å². The van der Waals surface area contributed by atoms with Crippen molar-refractivity contribution in [2.24, 2.45) is 0 Å². The van der Waals surface area contributed by atoms with Gasteiger partial charge in [-0.25, -0.2) is 9.78 Å². The van der Waals surface area contributed by atoms with Gasteiger partial charge in [-0.2, -0.15) is 4.63 Å². The molecule has 4 aromatic rings. The molecule has 0 amide bonds. The zero-order valence-corrected chi connectivity index (χ0v) is 28.9. The Morgan fingerprint density at radius 2 is 1.61 bits per heavy atom. The number of anilines is 1. The topological polar surface area (TPSA) is 114 Å². The number of aromatic nitrogens is 4. The van der Waals surface area contributed by atoms with E-state index in [1.807, 2.05) is 24.3 Å². The highest BCUT2D eigenvalue weighted by atomic mass is 35.5. The van der Waals surface area contributed by atoms with Crippen LogP contribution in [0.5, 0.6) is 11.5 Å². The highest BCUT2D eigenvalue weighted by molar-refractivity contribution is 6.34. The molecular formula is C35H47Cl2N5O4. The first-order valence-corrected chi connectivity index (χ1v) is 17.1. The third-order valence-electron chi connectivity index (χ3n) is 7.91. The molecule has 0 radical (unpaired) electrons. The van der Waals surface area contributed by atoms with Crippen LogP contribution < -0.4 is 14.8 Å². The summed E-state index contributed by atoms with van der Waals surface area (Å²) < 4.78 is 13.5. The molecule has 250 valence electrons. The number of aromatic amines is 1. The van der Waals surface area contributed by atoms with Crippen LogP contribution in [0.4, 0.5) is 5.69 Å². The number of halogens is 2. The van der Waals surface area contributed by atoms with E-state index in [0.717, 1.165) is 36.2 Å². The first-order chi connectivity index (χ1) is 22.1. The minimum absolute atomic E-state index is 0.114. The van der Waals surface area contributed by atoms with Crippen LogP contribution in [0.3, 0.4) is 0 Å². The number of H-pyrrole nitrogens is 1. The van der Waals surface area contributed by atoms with Crippen molar-refractivity contribution in [2.45, 2.75) is 110 Å². The van der Waals surface area contributed by atoms with Crippen LogP contribution in [0.25, 0.3) is 17.0 Å². The van der Waals surface area contributed by atoms with Gasteiger partial charge in [0.15, 0.2) is 35.8 Å². The highest BCUT2D eigenvalue weighted by Crippen LogP contribution is 2.33. The lowest BCUT2D eigenvalue weighted by Gasteiger charge is -2.18. The van der Waals surface area contributed by atoms with Crippen molar-refractivity contribution in [3.05, 3.63) is 58.2 Å². The van der Waals surface area contributed by atoms with Crippen molar-refractivity contribution in [3.63, 3.8) is 0 Å². The maximum Gasteiger partial charge on any atom is 0.344 e. The number of fused-ring (bicyclic) bond motifs is 1. The van der Waals surface area contributed by atoms with Gasteiger partial charge in [0, 0.05) is 27.8 Å². The van der Waals surface area contributed by atoms with Crippen molar-refractivity contribution in [1.82, 2.24) is 19.8 Å². The Hall–Kier alpha value is -3.43. The number of nitrogens with zero attached hydrogens (tertiary/aromatic N) is 3. The van der Waals surface area contributed by atoms with Gasteiger partial charge in [0.05, 0.1) is 5.69 Å². The summed E-state index contributed by atoms with van der Waals surface area (Å²) in [6.45, 7) is 8.58. The molecule has 1 atom stereocenters. The minimum atomic E-state index is -0.990. The number of benzene rings is 2. The molecule has 0 aliphatic heterocycles. The van der Waals surface area contributed by atoms with Crippen molar-refractivity contribution >= 4 is 40.5 Å². The lowest BCUT2D eigenvalue weighted by Crippen LogP contribution is -2.27. The van der Waals surface area contributed by atoms with E-state index < -0.39 is 12.1 Å². The highest BCUT2D eigenvalue weighted by Gasteiger charge is 2.24. The number of rotatable bonds is 19. The fourth-order valence-corrected chi connectivity index (χ4v) is 5.86. The van der Waals surface area contributed by atoms with E-state index >= 15 is 0 Å². The predicted molar refractivity (Wildman–Crippen MR) is 186 cm³/mol. The van der Waals surface area contributed by atoms with Gasteiger partial charge in [0.1, 0.15) is 5.02 Å². The molecule has 9 nitrogen and oxygen atoms in total. The molecule has 1 unspecified atom stereocenters. The standard InChI is InChI=1S/C35H47Cl2N5O4/c1-5-6-7-8-9-10-11-12-13-14-15-28(34(43)44)46-27-21-18-25(36)22-29(27)45-23-38-26-19-16-24(17-20-26)32-39-33-30(37)31(35(2,3)4)40-42(33)41-32/h16-22,28,38,40H,5-15,23H2,1-4H3,(H,43,44). The zero-order valence-electron chi connectivity index (χ0n) is 27.4. The third-order valence-corrected chi connectivity index (χ3v) is 8.50. The zero-order chi connectivity index (χ0) is 33.1. The SMILES string of the molecule is CCCCCCCCCCCCC(Oc1ccc(Cl)cc1OCNc1ccc(-c2nc3c(Cl)c(C(C)(C)C)[nH]n3n2)cc1)C(=O)O. The second kappa shape index (κ2) is 16.9. The fourth-order valence-electron chi connectivity index (χ4n) is 5.25. The lowest BCUT2D eigenvalue weighted by molar-refractivity contribution is -0.145. The molecule has 0 saturated heterocycles. The van der Waals surface area contributed by atoms with E-state index in [4.69, 9.17) is 32.7 Å². The van der Waals surface area contributed by atoms with Crippen molar-refractivity contribution in [1.29, 1.82) is 0 Å². The van der Waals surface area contributed by atoms with Gasteiger partial charge < -0.3 is 19.9 Å². The Labute approximate surface area is 282 Å². The number of nitrogens with one attached hydrogen (secondary N) is 2. The van der Waals surface area contributed by atoms with E-state index in [-0.39, 0.29) is 12.1 Å². The molecular weight excluding hydrogens is 625 g/mol. The third kappa shape index (κ3) is 10.0. The number of hydrogen-bond donors (Lipinski definition) is 3. The summed E-state index contributed by atoms with van der Waals surface area (Å²) in [7, 11) is 0. The quantitative estimate of drug-likeness (QED) is 0.0671. The normalized spacial score (nSPS) is 12.4. The van der Waals surface area contributed by atoms with Crippen LogP contribution in [0.1, 0.15) is 104 Å². The van der Waals surface area contributed by atoms with Gasteiger partial charge in [-0.1, -0.05) is 109 Å². The summed E-state index contributed by atoms with van der Waals surface area (Å²) in [6.07, 6.45) is 11.3. The molecule has 0 spiro atoms. The number of carboxylic acids is 1. The monoisotopic (exact) mass is 671 g/mol. The molecule has 4 rings (SSSR count). The Morgan fingerprint density at radius 1 is 0.957 bits per heavy atom. The van der Waals surface area contributed by atoms with Crippen LogP contribution in [0.2, 0.25) is 10.0 Å². The first kappa shape index (κ1) is 35.4. The maximum absolute atomic E-state index is 12.0. The van der Waals surface area contributed by atoms with Gasteiger partial charge in [0.2, 0.25) is 0 Å². The van der Waals surface area contributed by atoms with Gasteiger partial charge in [-0.3, -0.25) is 5.10 Å². The van der Waals surface area contributed by atoms with Crippen molar-refractivity contribution in [2.75, 3.05) is 12.0 Å². The molecule has 0 saturated carbocycles. The Bertz CT molecular complexity index is 1550. The van der Waals surface area contributed by atoms with E-state index in [1.165, 1.54) is 44.9 Å². The molecule has 0 aliphatic rings. The molecule has 0 bridgehead atoms. The van der Waals surface area contributed by atoms with Crippen molar-refractivity contribution in [3.8, 4) is 22.9 Å². The predicted octanol–water partition coefficient (Wildman–Crippen LogP) is 9.92. The number of carboxylic acid groups (broad SMARTS) is 1. The van der Waals surface area contributed by atoms with E-state index in [2.05, 4.69) is 48.2 Å². The summed E-state index contributed by atoms with van der Waals surface area (Å²) in [5.41, 5.74) is 2.97. The smallest absolute Gasteiger partial charge is 0.344 e. The maximum atomic E-state index is 12.0. The fraction of sp³-hybridized carbons (Fsp3) is 0.514. The summed E-state index contributed by atoms with van der Waals surface area (Å²) in [5, 5.41) is 21.9. The van der Waals surface area contributed by atoms with Crippen LogP contribution in [-0.2, 0) is 10.2 Å². The summed E-state index contributed by atoms with van der Waals surface area (Å²) in [6, 6.07) is 12.6. The van der Waals surface area contributed by atoms with E-state index in [0.29, 0.717) is 39.4 Å². The minimum Gasteiger partial charge on any atom is -0.479 e. The largest absolute Gasteiger partial charge is 0.479 e. The molecule has 46 heavy (non-hydrogen) atoms. The number of carbonyl (C=O) groups is 1. The van der Waals surface area contributed by atoms with Crippen LogP contribution in [0, 0.1) is 0 Å². The molecule has 2 heterocycles. The Kier molecular flexibility index (Phi) is 13.0. The van der Waals surface area contributed by atoms with Gasteiger partial charge in [0.25, 0.3) is 0 Å². The van der Waals surface area contributed by atoms with E-state index in [1.54, 1.807) is 22.8 Å². The van der Waals surface area contributed by atoms with Crippen LogP contribution in [0.15, 0.2) is 42.5 Å². The molecule has 0 aliphatic carbocycles. The summed E-state index contributed by atoms with van der Waals surface area (Å²) in [4.78, 5) is 16.6. The number of unbranched alkanes of at least 4 members (excludes halogenated alkanes) is 9. The lowest BCUT2D eigenvalue weighted by atomic mass is 9.92. The van der Waals surface area contributed by atoms with Crippen molar-refractivity contribution < 1.29 is 19.4 Å². The molecule has 11 heteroatoms. The van der Waals surface area contributed by atoms with Gasteiger partial charge in [-0.15, -0.1) is 5.10 Å². The summed E-state index contributed by atoms with van der Waals surface area (Å²) in [5.74, 6) is 0.282. The molecule has 3 N–H and O–H groups in total. The molecule has 2 aromatic carbocycles. The Balaban J connectivity index is 1.27. The molecule has 0 fully saturated rings. The second-order valence-electron chi connectivity index (χ2n) is 12.8. The molecule has 2 aromatic heterocycles. The Morgan fingerprint density at radius 3 is 2.22 bits per heavy atom. The van der Waals surface area contributed by atoms with Crippen LogP contribution in [-0.4, -0.2) is 43.7 Å². The average molecular weight is 673 g/mol. The second-order valence-corrected chi connectivity index (χ2v) is 13.6. The van der Waals surface area contributed by atoms with E-state index in [9.17, 15) is 9.90 Å². The number of ether oxygens (including phenoxy) is 2. The van der Waals surface area contributed by atoms with Gasteiger partial charge in [-0.05, 0) is 49.2 Å². The summed E-state index contributed by atoms with van der Waals surface area (Å²) >= 11 is 12.8. The average Bonchev–Trinajstić information content (AvgIpc) is 3.58. The first-order valence-electron chi connectivity index (χ1n) is 16.4. The van der Waals surface area contributed by atoms with Gasteiger partial charge >= 0.3 is 5.97 Å². The number of aliphatic carboxylic acids is 1.